The first kappa shape index (κ1) is 13.0. The summed E-state index contributed by atoms with van der Waals surface area (Å²) in [5, 5.41) is 18.8. The number of hydrogen-bond donors (Lipinski definition) is 2. The van der Waals surface area contributed by atoms with E-state index in [-0.39, 0.29) is 17.7 Å². The Balaban J connectivity index is 2.00. The summed E-state index contributed by atoms with van der Waals surface area (Å²) >= 11 is 0. The molecule has 0 aliphatic rings. The molecule has 5 nitrogen and oxygen atoms in total. The summed E-state index contributed by atoms with van der Waals surface area (Å²) in [5.74, 6) is -1.55. The molecule has 1 aromatic heterocycles. The number of aromatic nitrogens is 1. The average molecular weight is 261 g/mol. The molecule has 2 aromatic rings. The number of nitrogens with zero attached hydrogens (tertiary/aromatic N) is 1. The van der Waals surface area contributed by atoms with Gasteiger partial charge in [-0.1, -0.05) is 37.3 Å². The van der Waals surface area contributed by atoms with E-state index < -0.39 is 5.97 Å². The summed E-state index contributed by atoms with van der Waals surface area (Å²) in [5.41, 5.74) is 1.02. The van der Waals surface area contributed by atoms with Crippen molar-refractivity contribution in [2.24, 2.45) is 5.92 Å². The quantitative estimate of drug-likeness (QED) is 0.879. The van der Waals surface area contributed by atoms with E-state index in [4.69, 9.17) is 4.84 Å². The van der Waals surface area contributed by atoms with E-state index in [9.17, 15) is 15.0 Å². The highest BCUT2D eigenvalue weighted by Gasteiger charge is 2.19. The van der Waals surface area contributed by atoms with Crippen LogP contribution in [0.4, 0.5) is 0 Å². The standard InChI is InChI=1S/C14H15NO4/c1-10(9-11-5-3-2-4-6-11)14(18)19-15-12(16)7-8-13(15)17/h2-8,10,16-17H,9H2,1H3. The fourth-order valence-corrected chi connectivity index (χ4v) is 1.73. The first-order chi connectivity index (χ1) is 9.08. The minimum Gasteiger partial charge on any atom is -0.492 e. The maximum Gasteiger partial charge on any atom is 0.336 e. The van der Waals surface area contributed by atoms with Gasteiger partial charge in [0, 0.05) is 12.1 Å². The van der Waals surface area contributed by atoms with Crippen molar-refractivity contribution in [1.82, 2.24) is 4.73 Å². The molecule has 1 unspecified atom stereocenters. The van der Waals surface area contributed by atoms with Crippen LogP contribution in [0.3, 0.4) is 0 Å². The zero-order chi connectivity index (χ0) is 13.8. The molecule has 5 heteroatoms. The van der Waals surface area contributed by atoms with Crippen molar-refractivity contribution < 1.29 is 19.8 Å². The molecule has 0 amide bonds. The second-order valence-corrected chi connectivity index (χ2v) is 4.35. The third kappa shape index (κ3) is 3.07. The van der Waals surface area contributed by atoms with Crippen LogP contribution in [0, 0.1) is 5.92 Å². The van der Waals surface area contributed by atoms with Gasteiger partial charge in [0.2, 0.25) is 11.8 Å². The molecule has 0 bridgehead atoms. The first-order valence-electron chi connectivity index (χ1n) is 5.93. The van der Waals surface area contributed by atoms with E-state index in [0.717, 1.165) is 5.56 Å². The van der Waals surface area contributed by atoms with Crippen LogP contribution < -0.4 is 4.84 Å². The van der Waals surface area contributed by atoms with Crippen molar-refractivity contribution in [2.45, 2.75) is 13.3 Å². The molecular formula is C14H15NO4. The monoisotopic (exact) mass is 261 g/mol. The Morgan fingerprint density at radius 3 is 2.32 bits per heavy atom. The Bertz CT molecular complexity index is 543. The van der Waals surface area contributed by atoms with Crippen LogP contribution in [0.2, 0.25) is 0 Å². The fourth-order valence-electron chi connectivity index (χ4n) is 1.73. The fraction of sp³-hybridized carbons (Fsp3) is 0.214. The number of rotatable bonds is 4. The van der Waals surface area contributed by atoms with Gasteiger partial charge in [0.25, 0.3) is 0 Å². The number of hydrogen-bond acceptors (Lipinski definition) is 4. The lowest BCUT2D eigenvalue weighted by Gasteiger charge is -2.12. The minimum absolute atomic E-state index is 0.322. The Kier molecular flexibility index (Phi) is 3.75. The molecule has 1 heterocycles. The molecule has 1 aromatic carbocycles. The smallest absolute Gasteiger partial charge is 0.336 e. The molecule has 0 radical (unpaired) electrons. The molecule has 0 saturated heterocycles. The second kappa shape index (κ2) is 5.48. The van der Waals surface area contributed by atoms with E-state index in [1.807, 2.05) is 30.3 Å². The molecule has 0 saturated carbocycles. The summed E-state index contributed by atoms with van der Waals surface area (Å²) in [6, 6.07) is 12.0. The van der Waals surface area contributed by atoms with Crippen molar-refractivity contribution in [1.29, 1.82) is 0 Å². The van der Waals surface area contributed by atoms with Crippen molar-refractivity contribution in [3.8, 4) is 11.8 Å². The Hall–Kier alpha value is -2.43. The second-order valence-electron chi connectivity index (χ2n) is 4.35. The van der Waals surface area contributed by atoms with E-state index in [1.165, 1.54) is 12.1 Å². The molecule has 2 N–H and O–H groups in total. The highest BCUT2D eigenvalue weighted by atomic mass is 16.7. The first-order valence-corrected chi connectivity index (χ1v) is 5.93. The number of carbonyl (C=O) groups excluding carboxylic acids is 1. The number of aromatic hydroxyl groups is 2. The summed E-state index contributed by atoms with van der Waals surface area (Å²) in [4.78, 5) is 16.8. The highest BCUT2D eigenvalue weighted by Crippen LogP contribution is 2.19. The average Bonchev–Trinajstić information content (AvgIpc) is 2.71. The van der Waals surface area contributed by atoms with Gasteiger partial charge in [0.15, 0.2) is 0 Å². The SMILES string of the molecule is CC(Cc1ccccc1)C(=O)On1c(O)ccc1O. The Morgan fingerprint density at radius 2 is 1.74 bits per heavy atom. The summed E-state index contributed by atoms with van der Waals surface area (Å²) < 4.78 is 0.698. The van der Waals surface area contributed by atoms with E-state index in [2.05, 4.69) is 0 Å². The molecule has 2 rings (SSSR count). The summed E-state index contributed by atoms with van der Waals surface area (Å²) in [6.07, 6.45) is 0.530. The summed E-state index contributed by atoms with van der Waals surface area (Å²) in [7, 11) is 0. The maximum atomic E-state index is 11.9. The van der Waals surface area contributed by atoms with Gasteiger partial charge >= 0.3 is 5.97 Å². The van der Waals surface area contributed by atoms with Crippen LogP contribution in [-0.4, -0.2) is 20.9 Å². The van der Waals surface area contributed by atoms with Gasteiger partial charge in [-0.15, -0.1) is 4.73 Å². The van der Waals surface area contributed by atoms with Crippen molar-refractivity contribution in [3.63, 3.8) is 0 Å². The van der Waals surface area contributed by atoms with Crippen LogP contribution in [-0.2, 0) is 11.2 Å². The topological polar surface area (TPSA) is 71.7 Å². The predicted molar refractivity (Wildman–Crippen MR) is 68.7 cm³/mol. The van der Waals surface area contributed by atoms with Gasteiger partial charge in [-0.2, -0.15) is 0 Å². The van der Waals surface area contributed by atoms with Crippen LogP contribution >= 0.6 is 0 Å². The van der Waals surface area contributed by atoms with E-state index in [1.54, 1.807) is 6.92 Å². The van der Waals surface area contributed by atoms with E-state index >= 15 is 0 Å². The molecule has 19 heavy (non-hydrogen) atoms. The largest absolute Gasteiger partial charge is 0.492 e. The highest BCUT2D eigenvalue weighted by molar-refractivity contribution is 5.72. The van der Waals surface area contributed by atoms with Gasteiger partial charge in [-0.05, 0) is 12.0 Å². The van der Waals surface area contributed by atoms with E-state index in [0.29, 0.717) is 11.2 Å². The van der Waals surface area contributed by atoms with Crippen LogP contribution in [0.25, 0.3) is 0 Å². The zero-order valence-corrected chi connectivity index (χ0v) is 10.5. The molecular weight excluding hydrogens is 246 g/mol. The molecule has 1 atom stereocenters. The zero-order valence-electron chi connectivity index (χ0n) is 10.5. The lowest BCUT2D eigenvalue weighted by atomic mass is 10.0. The summed E-state index contributed by atoms with van der Waals surface area (Å²) in [6.45, 7) is 1.73. The lowest BCUT2D eigenvalue weighted by Crippen LogP contribution is -2.26. The van der Waals surface area contributed by atoms with Crippen LogP contribution in [0.5, 0.6) is 11.8 Å². The Labute approximate surface area is 110 Å². The predicted octanol–water partition coefficient (Wildman–Crippen LogP) is 1.73. The third-order valence-electron chi connectivity index (χ3n) is 2.77. The van der Waals surface area contributed by atoms with Crippen molar-refractivity contribution in [2.75, 3.05) is 0 Å². The lowest BCUT2D eigenvalue weighted by molar-refractivity contribution is -0.149. The number of benzene rings is 1. The van der Waals surface area contributed by atoms with Crippen LogP contribution in [0.1, 0.15) is 12.5 Å². The van der Waals surface area contributed by atoms with Crippen LogP contribution in [0.15, 0.2) is 42.5 Å². The molecule has 0 fully saturated rings. The third-order valence-corrected chi connectivity index (χ3v) is 2.77. The van der Waals surface area contributed by atoms with Crippen molar-refractivity contribution >= 4 is 5.97 Å². The van der Waals surface area contributed by atoms with Gasteiger partial charge in [0.05, 0.1) is 5.92 Å². The molecule has 100 valence electrons. The Morgan fingerprint density at radius 1 is 1.16 bits per heavy atom. The molecule has 0 aliphatic carbocycles. The van der Waals surface area contributed by atoms with Gasteiger partial charge in [0.1, 0.15) is 0 Å². The molecule has 0 aliphatic heterocycles. The molecule has 0 spiro atoms. The van der Waals surface area contributed by atoms with Crippen molar-refractivity contribution in [3.05, 3.63) is 48.0 Å². The minimum atomic E-state index is -0.523. The van der Waals surface area contributed by atoms with Gasteiger partial charge in [-0.3, -0.25) is 0 Å². The number of carbonyl (C=O) groups is 1. The maximum absolute atomic E-state index is 11.9. The van der Waals surface area contributed by atoms with Gasteiger partial charge in [-0.25, -0.2) is 4.79 Å². The van der Waals surface area contributed by atoms with Gasteiger partial charge < -0.3 is 15.1 Å². The normalized spacial score (nSPS) is 12.1.